The van der Waals surface area contributed by atoms with E-state index in [1.54, 1.807) is 17.3 Å². The van der Waals surface area contributed by atoms with Crippen LogP contribution in [0.1, 0.15) is 108 Å². The minimum Gasteiger partial charge on any atom is -0.453 e. The summed E-state index contributed by atoms with van der Waals surface area (Å²) in [6, 6.07) is 17.7. The number of rotatable bonds is 11. The Morgan fingerprint density at radius 1 is 0.620 bits per heavy atom. The summed E-state index contributed by atoms with van der Waals surface area (Å²) in [6.45, 7) is 4.03. The van der Waals surface area contributed by atoms with Gasteiger partial charge in [-0.1, -0.05) is 55.5 Å². The smallest absolute Gasteiger partial charge is 0.407 e. The van der Waals surface area contributed by atoms with Crippen LogP contribution in [0.5, 0.6) is 0 Å². The van der Waals surface area contributed by atoms with Gasteiger partial charge < -0.3 is 39.9 Å². The Labute approximate surface area is 409 Å². The molecule has 10 rings (SSSR count). The summed E-state index contributed by atoms with van der Waals surface area (Å²) in [7, 11) is 2.43. The minimum atomic E-state index is -2.79. The zero-order valence-electron chi connectivity index (χ0n) is 40.2. The molecular weight excluding hydrogens is 921 g/mol. The van der Waals surface area contributed by atoms with Crippen LogP contribution in [0.2, 0.25) is 0 Å². The van der Waals surface area contributed by atoms with Gasteiger partial charge in [0, 0.05) is 43.3 Å². The zero-order valence-corrected chi connectivity index (χ0v) is 40.2. The fourth-order valence-corrected chi connectivity index (χ4v) is 11.8. The first kappa shape index (κ1) is 48.2. The fraction of sp³-hybridized carbons (Fsp3) is 0.509. The molecule has 0 unspecified atom stereocenters. The van der Waals surface area contributed by atoms with Gasteiger partial charge in [0.05, 0.1) is 50.1 Å². The Kier molecular flexibility index (Phi) is 12.9. The highest BCUT2D eigenvalue weighted by Gasteiger charge is 2.57. The molecule has 2 saturated heterocycles. The number of methoxy groups -OCH3 is 2. The highest BCUT2D eigenvalue weighted by molar-refractivity contribution is 5.91. The maximum absolute atomic E-state index is 14.4. The van der Waals surface area contributed by atoms with Crippen molar-refractivity contribution >= 4 is 34.8 Å². The summed E-state index contributed by atoms with van der Waals surface area (Å²) in [5.74, 6) is -5.37. The number of hydrogen-bond donors (Lipinski definition) is 4. The van der Waals surface area contributed by atoms with Gasteiger partial charge in [-0.25, -0.2) is 37.1 Å². The number of nitrogens with one attached hydrogen (secondary N) is 4. The molecule has 4 heterocycles. The first-order valence-corrected chi connectivity index (χ1v) is 24.8. The Morgan fingerprint density at radius 2 is 1.07 bits per heavy atom. The Balaban J connectivity index is 0.818. The van der Waals surface area contributed by atoms with Gasteiger partial charge in [0.1, 0.15) is 23.7 Å². The number of nitrogens with zero attached hydrogens (tertiary/aromatic N) is 4. The molecule has 4 amide bonds. The lowest BCUT2D eigenvalue weighted by Gasteiger charge is -2.37. The van der Waals surface area contributed by atoms with Crippen LogP contribution >= 0.6 is 0 Å². The van der Waals surface area contributed by atoms with Crippen LogP contribution in [-0.4, -0.2) is 104 Å². The van der Waals surface area contributed by atoms with Crippen molar-refractivity contribution in [3.05, 3.63) is 84.7 Å². The molecule has 5 fully saturated rings. The number of piperidine rings is 1. The number of H-pyrrole nitrogens is 2. The number of amides is 4. The van der Waals surface area contributed by atoms with Gasteiger partial charge in [0.15, 0.2) is 0 Å². The van der Waals surface area contributed by atoms with Crippen molar-refractivity contribution in [3.8, 4) is 33.6 Å². The van der Waals surface area contributed by atoms with E-state index in [1.807, 2.05) is 42.2 Å². The van der Waals surface area contributed by atoms with Crippen LogP contribution in [-0.2, 0) is 19.1 Å². The number of aromatic amines is 2. The molecule has 3 aromatic carbocycles. The third-order valence-electron chi connectivity index (χ3n) is 16.2. The van der Waals surface area contributed by atoms with E-state index in [0.29, 0.717) is 24.0 Å². The first-order chi connectivity index (χ1) is 34.0. The molecule has 3 aliphatic carbocycles. The fourth-order valence-electron chi connectivity index (χ4n) is 11.8. The second-order valence-electron chi connectivity index (χ2n) is 20.6. The quantitative estimate of drug-likeness (QED) is 0.0946. The maximum atomic E-state index is 14.4. The van der Waals surface area contributed by atoms with Crippen LogP contribution in [0, 0.1) is 23.7 Å². The number of fused-ring (bicyclic) bond motifs is 2. The Hall–Kier alpha value is -6.46. The summed E-state index contributed by atoms with van der Waals surface area (Å²) in [5, 5.41) is 7.43. The lowest BCUT2D eigenvalue weighted by molar-refractivity contribution is -0.140. The van der Waals surface area contributed by atoms with E-state index in [4.69, 9.17) is 19.4 Å². The van der Waals surface area contributed by atoms with Gasteiger partial charge in [0.25, 0.3) is 0 Å². The van der Waals surface area contributed by atoms with Gasteiger partial charge in [-0.05, 0) is 115 Å². The summed E-state index contributed by atoms with van der Waals surface area (Å²) < 4.78 is 66.2. The van der Waals surface area contributed by atoms with Crippen LogP contribution in [0.25, 0.3) is 44.4 Å². The number of alkyl carbamates (subject to hydrolysis) is 2. The Bertz CT molecular complexity index is 2800. The topological polar surface area (TPSA) is 175 Å². The lowest BCUT2D eigenvalue weighted by atomic mass is 9.81. The van der Waals surface area contributed by atoms with E-state index in [1.165, 1.54) is 14.2 Å². The highest BCUT2D eigenvalue weighted by Crippen LogP contribution is 2.54. The van der Waals surface area contributed by atoms with Crippen molar-refractivity contribution in [2.24, 2.45) is 23.7 Å². The molecule has 2 aromatic heterocycles. The molecule has 18 heteroatoms. The molecule has 5 aliphatic rings. The normalized spacial score (nSPS) is 25.9. The molecule has 376 valence electrons. The minimum absolute atomic E-state index is 0.00730. The number of hydrogen-bond acceptors (Lipinski definition) is 8. The molecule has 71 heavy (non-hydrogen) atoms. The van der Waals surface area contributed by atoms with E-state index in [0.717, 1.165) is 57.3 Å². The van der Waals surface area contributed by atoms with Crippen LogP contribution < -0.4 is 10.6 Å². The average molecular weight is 981 g/mol. The maximum Gasteiger partial charge on any atom is 0.407 e. The van der Waals surface area contributed by atoms with Crippen molar-refractivity contribution in [2.75, 3.05) is 14.2 Å². The molecule has 14 nitrogen and oxygen atoms in total. The van der Waals surface area contributed by atoms with Crippen LogP contribution in [0.15, 0.2) is 73.1 Å². The summed E-state index contributed by atoms with van der Waals surface area (Å²) >= 11 is 0. The van der Waals surface area contributed by atoms with E-state index in [9.17, 15) is 36.7 Å². The number of carbonyl (C=O) groups is 4. The Morgan fingerprint density at radius 3 is 1.61 bits per heavy atom. The van der Waals surface area contributed by atoms with E-state index in [2.05, 4.69) is 57.9 Å². The number of ether oxygens (including phenoxy) is 2. The molecule has 8 atom stereocenters. The molecule has 2 aliphatic heterocycles. The van der Waals surface area contributed by atoms with E-state index in [-0.39, 0.29) is 87.2 Å². The molecule has 0 spiro atoms. The number of benzene rings is 3. The number of halogens is 4. The van der Waals surface area contributed by atoms with Crippen molar-refractivity contribution in [3.63, 3.8) is 0 Å². The SMILES string of the molecule is COC(=O)N[C@H](C(=O)N1[C@H](C)[C@H](C)C[C@H]1c1ncc(-c2ccc(-c3ccc4cc(-c5cnc([C@@H]6C[C@H]7C[C@H]7N6C(=O)[C@@H](NC(=O)OC)C6CCC(F)(F)CC6)[nH]5)ccc4c3)cc2)[nH]1)C1CCC(F)(F)CC1. The number of alkyl halides is 4. The zero-order chi connectivity index (χ0) is 49.9. The van der Waals surface area contributed by atoms with Gasteiger partial charge in [-0.15, -0.1) is 0 Å². The lowest BCUT2D eigenvalue weighted by Crippen LogP contribution is -2.54. The summed E-state index contributed by atoms with van der Waals surface area (Å²) in [5.41, 5.74) is 5.42. The number of likely N-dealkylation sites (tertiary alicyclic amines) is 2. The number of aromatic nitrogens is 4. The van der Waals surface area contributed by atoms with Gasteiger partial charge in [0.2, 0.25) is 23.7 Å². The highest BCUT2D eigenvalue weighted by atomic mass is 19.3. The predicted octanol–water partition coefficient (Wildman–Crippen LogP) is 10.3. The summed E-state index contributed by atoms with van der Waals surface area (Å²) in [6.07, 6.45) is 3.33. The first-order valence-electron chi connectivity index (χ1n) is 24.8. The molecule has 3 saturated carbocycles. The average Bonchev–Trinajstić information content (AvgIpc) is 3.79. The summed E-state index contributed by atoms with van der Waals surface area (Å²) in [4.78, 5) is 73.5. The van der Waals surface area contributed by atoms with Gasteiger partial charge >= 0.3 is 12.2 Å². The third kappa shape index (κ3) is 9.70. The molecule has 0 bridgehead atoms. The van der Waals surface area contributed by atoms with Crippen molar-refractivity contribution < 1.29 is 46.2 Å². The van der Waals surface area contributed by atoms with E-state index >= 15 is 0 Å². The van der Waals surface area contributed by atoms with Crippen molar-refractivity contribution in [2.45, 2.75) is 133 Å². The van der Waals surface area contributed by atoms with Crippen LogP contribution in [0.4, 0.5) is 27.2 Å². The molecule has 4 N–H and O–H groups in total. The van der Waals surface area contributed by atoms with Gasteiger partial charge in [-0.3, -0.25) is 9.59 Å². The molecular formula is C53H60F4N8O6. The van der Waals surface area contributed by atoms with Crippen molar-refractivity contribution in [1.82, 2.24) is 40.4 Å². The van der Waals surface area contributed by atoms with E-state index < -0.39 is 54.0 Å². The number of imidazole rings is 2. The second kappa shape index (κ2) is 18.9. The monoisotopic (exact) mass is 980 g/mol. The largest absolute Gasteiger partial charge is 0.453 e. The third-order valence-corrected chi connectivity index (χ3v) is 16.2. The molecule has 5 aromatic rings. The van der Waals surface area contributed by atoms with Crippen LogP contribution in [0.3, 0.4) is 0 Å². The predicted molar refractivity (Wildman–Crippen MR) is 256 cm³/mol. The van der Waals surface area contributed by atoms with Gasteiger partial charge in [-0.2, -0.15) is 0 Å². The number of carbonyl (C=O) groups excluding carboxylic acids is 4. The second-order valence-corrected chi connectivity index (χ2v) is 20.6. The standard InChI is InChI=1S/C53H60F4N8O6/c1-28-21-42(64(29(28)2)48(66)44(62-50(68)70-3)32-13-17-52(54,55)18-14-32)46-58-26-39(60-46)31-7-5-30(6-8-31)34-9-10-36-23-37(12-11-35(36)22-34)40-27-59-47(61-40)43-25-38-24-41(38)65(43)49(67)45(63-51(69)71-4)33-15-19-53(56,57)20-16-33/h5-12,22-23,26-29,32-33,38,41-45H,13-21,24-25H2,1-4H3,(H,58,60)(H,59,61)(H,62,68)(H,63,69)/t28-,29-,38-,41-,42+,43+,44+,45+/m1/s1. The molecule has 0 radical (unpaired) electrons. The van der Waals surface area contributed by atoms with Crippen molar-refractivity contribution in [1.29, 1.82) is 0 Å².